The number of carbonyl (C=O) groups excluding carboxylic acids is 3. The zero-order valence-corrected chi connectivity index (χ0v) is 17.8. The van der Waals surface area contributed by atoms with Crippen molar-refractivity contribution >= 4 is 23.5 Å². The summed E-state index contributed by atoms with van der Waals surface area (Å²) in [5.41, 5.74) is 3.09. The molecule has 0 bridgehead atoms. The first kappa shape index (κ1) is 21.3. The molecule has 1 aliphatic heterocycles. The molecule has 0 aliphatic carbocycles. The van der Waals surface area contributed by atoms with E-state index in [2.05, 4.69) is 5.32 Å². The number of hydrogen-bond donors (Lipinski definition) is 1. The summed E-state index contributed by atoms with van der Waals surface area (Å²) in [6, 6.07) is 22.9. The molecule has 6 heteroatoms. The highest BCUT2D eigenvalue weighted by Gasteiger charge is 2.36. The molecule has 1 heterocycles. The Morgan fingerprint density at radius 3 is 2.41 bits per heavy atom. The lowest BCUT2D eigenvalue weighted by Crippen LogP contribution is -2.45. The summed E-state index contributed by atoms with van der Waals surface area (Å²) in [5.74, 6) is -1.03. The van der Waals surface area contributed by atoms with Crippen LogP contribution in [0.25, 0.3) is 0 Å². The van der Waals surface area contributed by atoms with Gasteiger partial charge in [0.05, 0.1) is 17.9 Å². The van der Waals surface area contributed by atoms with Gasteiger partial charge < -0.3 is 15.0 Å². The Hall–Kier alpha value is -3.93. The van der Waals surface area contributed by atoms with Gasteiger partial charge in [-0.05, 0) is 36.2 Å². The molecule has 0 saturated heterocycles. The van der Waals surface area contributed by atoms with E-state index in [-0.39, 0.29) is 24.0 Å². The number of esters is 1. The van der Waals surface area contributed by atoms with Crippen LogP contribution in [0.2, 0.25) is 0 Å². The molecule has 6 nitrogen and oxygen atoms in total. The van der Waals surface area contributed by atoms with Gasteiger partial charge in [-0.25, -0.2) is 4.79 Å². The highest BCUT2D eigenvalue weighted by atomic mass is 16.5. The maximum atomic E-state index is 13.5. The molecule has 162 valence electrons. The Kier molecular flexibility index (Phi) is 6.31. The van der Waals surface area contributed by atoms with Gasteiger partial charge in [-0.2, -0.15) is 0 Å². The summed E-state index contributed by atoms with van der Waals surface area (Å²) in [5, 5.41) is 2.86. The zero-order valence-electron chi connectivity index (χ0n) is 17.8. The summed E-state index contributed by atoms with van der Waals surface area (Å²) in [4.78, 5) is 40.5. The SMILES string of the molecule is CCOC(=O)c1ccccc1NC(=O)C(Cc1ccccc1)N1Cc2ccccc2C1=O. The van der Waals surface area contributed by atoms with Gasteiger partial charge in [-0.15, -0.1) is 0 Å². The third kappa shape index (κ3) is 4.39. The Bertz CT molecular complexity index is 1140. The molecule has 1 unspecified atom stereocenters. The minimum atomic E-state index is -0.743. The fourth-order valence-corrected chi connectivity index (χ4v) is 3.91. The lowest BCUT2D eigenvalue weighted by molar-refractivity contribution is -0.120. The molecule has 32 heavy (non-hydrogen) atoms. The van der Waals surface area contributed by atoms with E-state index in [9.17, 15) is 14.4 Å². The summed E-state index contributed by atoms with van der Waals surface area (Å²) < 4.78 is 5.11. The van der Waals surface area contributed by atoms with E-state index in [1.165, 1.54) is 0 Å². The molecule has 1 aliphatic rings. The second kappa shape index (κ2) is 9.47. The molecule has 0 aromatic heterocycles. The third-order valence-corrected chi connectivity index (χ3v) is 5.48. The molecule has 1 atom stereocenters. The molecule has 1 N–H and O–H groups in total. The largest absolute Gasteiger partial charge is 0.462 e. The van der Waals surface area contributed by atoms with E-state index in [1.54, 1.807) is 42.2 Å². The van der Waals surface area contributed by atoms with Crippen LogP contribution in [0.15, 0.2) is 78.9 Å². The van der Waals surface area contributed by atoms with Gasteiger partial charge in [0.25, 0.3) is 5.91 Å². The van der Waals surface area contributed by atoms with Gasteiger partial charge in [-0.3, -0.25) is 9.59 Å². The van der Waals surface area contributed by atoms with Crippen LogP contribution in [0.3, 0.4) is 0 Å². The Morgan fingerprint density at radius 2 is 1.66 bits per heavy atom. The van der Waals surface area contributed by atoms with Crippen molar-refractivity contribution < 1.29 is 19.1 Å². The van der Waals surface area contributed by atoms with Crippen LogP contribution in [0.1, 0.15) is 38.8 Å². The Labute approximate surface area is 186 Å². The van der Waals surface area contributed by atoms with Crippen molar-refractivity contribution in [2.24, 2.45) is 0 Å². The highest BCUT2D eigenvalue weighted by molar-refractivity contribution is 6.06. The lowest BCUT2D eigenvalue weighted by Gasteiger charge is -2.27. The second-order valence-electron chi connectivity index (χ2n) is 7.55. The highest BCUT2D eigenvalue weighted by Crippen LogP contribution is 2.27. The fraction of sp³-hybridized carbons (Fsp3) is 0.192. The molecule has 0 radical (unpaired) electrons. The standard InChI is InChI=1S/C26H24N2O4/c1-2-32-26(31)21-14-8-9-15-22(21)27-24(29)23(16-18-10-4-3-5-11-18)28-17-19-12-6-7-13-20(19)25(28)30/h3-15,23H,2,16-17H2,1H3,(H,27,29). The zero-order chi connectivity index (χ0) is 22.5. The smallest absolute Gasteiger partial charge is 0.340 e. The van der Waals surface area contributed by atoms with Gasteiger partial charge in [0.15, 0.2) is 0 Å². The van der Waals surface area contributed by atoms with Crippen molar-refractivity contribution in [2.45, 2.75) is 25.9 Å². The van der Waals surface area contributed by atoms with E-state index >= 15 is 0 Å². The van der Waals surface area contributed by atoms with Crippen LogP contribution in [-0.4, -0.2) is 35.3 Å². The van der Waals surface area contributed by atoms with Gasteiger partial charge >= 0.3 is 5.97 Å². The molecule has 0 saturated carbocycles. The quantitative estimate of drug-likeness (QED) is 0.576. The van der Waals surface area contributed by atoms with E-state index < -0.39 is 12.0 Å². The van der Waals surface area contributed by atoms with E-state index in [1.807, 2.05) is 48.5 Å². The monoisotopic (exact) mass is 428 g/mol. The lowest BCUT2D eigenvalue weighted by atomic mass is 10.0. The number of benzene rings is 3. The summed E-state index contributed by atoms with van der Waals surface area (Å²) in [6.07, 6.45) is 0.355. The third-order valence-electron chi connectivity index (χ3n) is 5.48. The predicted octanol–water partition coefficient (Wildman–Crippen LogP) is 4.07. The van der Waals surface area contributed by atoms with Gasteiger partial charge in [-0.1, -0.05) is 60.7 Å². The number of nitrogens with one attached hydrogen (secondary N) is 1. The van der Waals surface area contributed by atoms with Crippen molar-refractivity contribution in [2.75, 3.05) is 11.9 Å². The molecule has 3 aromatic rings. The average Bonchev–Trinajstić information content (AvgIpc) is 3.15. The predicted molar refractivity (Wildman–Crippen MR) is 121 cm³/mol. The summed E-state index contributed by atoms with van der Waals surface area (Å²) in [7, 11) is 0. The number of anilines is 1. The van der Waals surface area contributed by atoms with Crippen LogP contribution in [-0.2, 0) is 22.5 Å². The summed E-state index contributed by atoms with van der Waals surface area (Å²) >= 11 is 0. The average molecular weight is 428 g/mol. The fourth-order valence-electron chi connectivity index (χ4n) is 3.91. The first-order chi connectivity index (χ1) is 15.6. The number of para-hydroxylation sites is 1. The second-order valence-corrected chi connectivity index (χ2v) is 7.55. The normalized spacial score (nSPS) is 13.4. The van der Waals surface area contributed by atoms with Gasteiger partial charge in [0.2, 0.25) is 5.91 Å². The van der Waals surface area contributed by atoms with Crippen molar-refractivity contribution in [1.82, 2.24) is 4.90 Å². The van der Waals surface area contributed by atoms with E-state index in [4.69, 9.17) is 4.74 Å². The summed E-state index contributed by atoms with van der Waals surface area (Å²) in [6.45, 7) is 2.32. The van der Waals surface area contributed by atoms with E-state index in [0.29, 0.717) is 24.2 Å². The maximum absolute atomic E-state index is 13.5. The Morgan fingerprint density at radius 1 is 0.969 bits per heavy atom. The van der Waals surface area contributed by atoms with Crippen LogP contribution in [0.5, 0.6) is 0 Å². The number of fused-ring (bicyclic) bond motifs is 1. The van der Waals surface area contributed by atoms with Gasteiger partial charge in [0, 0.05) is 18.5 Å². The molecule has 3 aromatic carbocycles. The number of ether oxygens (including phenoxy) is 1. The first-order valence-corrected chi connectivity index (χ1v) is 10.6. The number of hydrogen-bond acceptors (Lipinski definition) is 4. The molecule has 2 amide bonds. The van der Waals surface area contributed by atoms with Crippen molar-refractivity contribution in [3.8, 4) is 0 Å². The maximum Gasteiger partial charge on any atom is 0.340 e. The first-order valence-electron chi connectivity index (χ1n) is 10.6. The van der Waals surface area contributed by atoms with Crippen LogP contribution < -0.4 is 5.32 Å². The molecular weight excluding hydrogens is 404 g/mol. The van der Waals surface area contributed by atoms with E-state index in [0.717, 1.165) is 11.1 Å². The van der Waals surface area contributed by atoms with Crippen LogP contribution in [0, 0.1) is 0 Å². The Balaban J connectivity index is 1.63. The van der Waals surface area contributed by atoms with Crippen LogP contribution in [0.4, 0.5) is 5.69 Å². The van der Waals surface area contributed by atoms with Crippen molar-refractivity contribution in [3.63, 3.8) is 0 Å². The topological polar surface area (TPSA) is 75.7 Å². The molecular formula is C26H24N2O4. The number of amides is 2. The molecule has 0 fully saturated rings. The minimum Gasteiger partial charge on any atom is -0.462 e. The van der Waals surface area contributed by atoms with Crippen LogP contribution >= 0.6 is 0 Å². The van der Waals surface area contributed by atoms with Gasteiger partial charge in [0.1, 0.15) is 6.04 Å². The van der Waals surface area contributed by atoms with Crippen molar-refractivity contribution in [1.29, 1.82) is 0 Å². The van der Waals surface area contributed by atoms with Crippen molar-refractivity contribution in [3.05, 3.63) is 101 Å². The number of rotatable bonds is 7. The molecule has 0 spiro atoms. The minimum absolute atomic E-state index is 0.171. The number of carbonyl (C=O) groups is 3. The molecule has 4 rings (SSSR count). The number of nitrogens with zero attached hydrogens (tertiary/aromatic N) is 1.